The molecule has 0 radical (unpaired) electrons. The second-order valence-corrected chi connectivity index (χ2v) is 9.64. The number of nitrogens with two attached hydrogens (primary N) is 1. The fourth-order valence-corrected chi connectivity index (χ4v) is 4.16. The van der Waals surface area contributed by atoms with Crippen molar-refractivity contribution in [3.05, 3.63) is 84.5 Å². The summed E-state index contributed by atoms with van der Waals surface area (Å²) in [5.41, 5.74) is 9.54. The molecule has 2 heterocycles. The van der Waals surface area contributed by atoms with Gasteiger partial charge in [0.1, 0.15) is 17.3 Å². The number of aromatic amines is 1. The number of nitrogens with zero attached hydrogens (tertiary/aromatic N) is 1. The summed E-state index contributed by atoms with van der Waals surface area (Å²) in [5.74, 6) is 1.76. The molecule has 2 aromatic carbocycles. The molecule has 0 spiro atoms. The highest BCUT2D eigenvalue weighted by Gasteiger charge is 2.20. The first-order valence-electron chi connectivity index (χ1n) is 11.7. The summed E-state index contributed by atoms with van der Waals surface area (Å²) in [6.07, 6.45) is 7.49. The highest BCUT2D eigenvalue weighted by atomic mass is 31.2. The van der Waals surface area contributed by atoms with E-state index in [9.17, 15) is 4.57 Å². The predicted molar refractivity (Wildman–Crippen MR) is 136 cm³/mol. The smallest absolute Gasteiger partial charge is 0.469 e. The molecule has 2 aromatic heterocycles. The maximum absolute atomic E-state index is 10.9. The molecule has 0 bridgehead atoms. The van der Waals surface area contributed by atoms with Crippen LogP contribution >= 0.6 is 7.82 Å². The van der Waals surface area contributed by atoms with Crippen LogP contribution < -0.4 is 10.5 Å². The van der Waals surface area contributed by atoms with Crippen molar-refractivity contribution in [2.24, 2.45) is 5.73 Å². The van der Waals surface area contributed by atoms with Gasteiger partial charge in [0.05, 0.1) is 36.8 Å². The van der Waals surface area contributed by atoms with E-state index in [0.29, 0.717) is 23.9 Å². The largest absolute Gasteiger partial charge is 0.493 e. The minimum atomic E-state index is -4.61. The number of benzene rings is 2. The number of rotatable bonds is 13. The first-order valence-corrected chi connectivity index (χ1v) is 13.3. The molecule has 0 saturated heterocycles. The first-order chi connectivity index (χ1) is 17.4. The molecule has 0 amide bonds. The second kappa shape index (κ2) is 12.2. The molecule has 0 aliphatic rings. The maximum Gasteiger partial charge on any atom is 0.469 e. The van der Waals surface area contributed by atoms with Gasteiger partial charge >= 0.3 is 7.82 Å². The molecular weight excluding hydrogens is 481 g/mol. The number of aromatic nitrogens is 2. The van der Waals surface area contributed by atoms with Crippen molar-refractivity contribution in [2.45, 2.75) is 31.7 Å². The van der Waals surface area contributed by atoms with E-state index in [1.54, 1.807) is 12.5 Å². The Kier molecular flexibility index (Phi) is 8.74. The van der Waals surface area contributed by atoms with E-state index in [4.69, 9.17) is 24.7 Å². The summed E-state index contributed by atoms with van der Waals surface area (Å²) in [5, 5.41) is 0. The van der Waals surface area contributed by atoms with E-state index in [-0.39, 0.29) is 6.61 Å². The zero-order valence-electron chi connectivity index (χ0n) is 19.7. The van der Waals surface area contributed by atoms with Gasteiger partial charge in [-0.3, -0.25) is 4.52 Å². The SMILES string of the molecule is NC(COP(=O)(O)O)c1nc(-c2ccc(OCCCCCc3ccccc3)c(-c3ccco3)c2)c[nH]1. The van der Waals surface area contributed by atoms with Gasteiger partial charge in [-0.1, -0.05) is 30.3 Å². The van der Waals surface area contributed by atoms with E-state index in [1.165, 1.54) is 5.56 Å². The lowest BCUT2D eigenvalue weighted by atomic mass is 10.1. The summed E-state index contributed by atoms with van der Waals surface area (Å²) in [7, 11) is -4.61. The molecule has 10 heteroatoms. The number of H-pyrrole nitrogens is 1. The molecular formula is C26H30N3O6P. The molecule has 190 valence electrons. The maximum atomic E-state index is 10.9. The van der Waals surface area contributed by atoms with Crippen LogP contribution in [0.4, 0.5) is 0 Å². The van der Waals surface area contributed by atoms with Crippen LogP contribution in [0.25, 0.3) is 22.6 Å². The Balaban J connectivity index is 1.39. The molecule has 0 aliphatic heterocycles. The van der Waals surface area contributed by atoms with Crippen LogP contribution in [0.15, 0.2) is 77.5 Å². The topological polar surface area (TPSA) is 144 Å². The highest BCUT2D eigenvalue weighted by Crippen LogP contribution is 2.37. The fraction of sp³-hybridized carbons (Fsp3) is 0.269. The molecule has 9 nitrogen and oxygen atoms in total. The van der Waals surface area contributed by atoms with Crippen molar-refractivity contribution in [2.75, 3.05) is 13.2 Å². The summed E-state index contributed by atoms with van der Waals surface area (Å²) in [6.45, 7) is 0.232. The van der Waals surface area contributed by atoms with Gasteiger partial charge in [-0.15, -0.1) is 0 Å². The molecule has 0 aliphatic carbocycles. The van der Waals surface area contributed by atoms with Gasteiger partial charge in [-0.25, -0.2) is 9.55 Å². The van der Waals surface area contributed by atoms with E-state index in [1.807, 2.05) is 36.4 Å². The number of imidazole rings is 1. The van der Waals surface area contributed by atoms with Crippen molar-refractivity contribution < 1.29 is 28.0 Å². The van der Waals surface area contributed by atoms with Gasteiger partial charge in [0, 0.05) is 11.8 Å². The summed E-state index contributed by atoms with van der Waals surface area (Å²) in [6, 6.07) is 19.1. The third kappa shape index (κ3) is 7.40. The summed E-state index contributed by atoms with van der Waals surface area (Å²) in [4.78, 5) is 25.2. The highest BCUT2D eigenvalue weighted by molar-refractivity contribution is 7.46. The number of unbranched alkanes of at least 4 members (excludes halogenated alkanes) is 2. The van der Waals surface area contributed by atoms with Crippen molar-refractivity contribution >= 4 is 7.82 Å². The third-order valence-electron chi connectivity index (χ3n) is 5.64. The molecule has 36 heavy (non-hydrogen) atoms. The number of nitrogens with one attached hydrogen (secondary N) is 1. The number of aryl methyl sites for hydroxylation is 1. The van der Waals surface area contributed by atoms with E-state index in [2.05, 4.69) is 38.8 Å². The number of phosphoric ester groups is 1. The number of ether oxygens (including phenoxy) is 1. The first kappa shape index (κ1) is 25.9. The Bertz CT molecular complexity index is 1270. The van der Waals surface area contributed by atoms with E-state index in [0.717, 1.165) is 42.6 Å². The fourth-order valence-electron chi connectivity index (χ4n) is 3.81. The molecule has 0 fully saturated rings. The van der Waals surface area contributed by atoms with Crippen molar-refractivity contribution in [3.8, 4) is 28.3 Å². The monoisotopic (exact) mass is 511 g/mol. The molecule has 1 atom stereocenters. The number of hydrogen-bond acceptors (Lipinski definition) is 6. The lowest BCUT2D eigenvalue weighted by molar-refractivity contribution is 0.185. The number of phosphoric acid groups is 1. The average molecular weight is 512 g/mol. The van der Waals surface area contributed by atoms with Crippen LogP contribution in [0.3, 0.4) is 0 Å². The van der Waals surface area contributed by atoms with E-state index >= 15 is 0 Å². The van der Waals surface area contributed by atoms with Crippen molar-refractivity contribution in [1.82, 2.24) is 9.97 Å². The standard InChI is InChI=1S/C26H30N3O6P/c27-22(18-35-36(30,31)32)26-28-17-23(29-26)20-12-13-25(21(16-20)24-11-7-15-34-24)33-14-6-2-5-10-19-8-3-1-4-9-19/h1,3-4,7-9,11-13,15-17,22H,2,5-6,10,14,18,27H2,(H,28,29)(H2,30,31,32). The van der Waals surface area contributed by atoms with Gasteiger partial charge in [0.2, 0.25) is 0 Å². The van der Waals surface area contributed by atoms with Gasteiger partial charge in [0.25, 0.3) is 0 Å². The normalized spacial score (nSPS) is 12.5. The number of hydrogen-bond donors (Lipinski definition) is 4. The van der Waals surface area contributed by atoms with Gasteiger partial charge in [-0.05, 0) is 61.6 Å². The lowest BCUT2D eigenvalue weighted by Gasteiger charge is -2.12. The van der Waals surface area contributed by atoms with Crippen LogP contribution in [0.2, 0.25) is 0 Å². The molecule has 0 saturated carbocycles. The quantitative estimate of drug-likeness (QED) is 0.141. The van der Waals surface area contributed by atoms with Crippen LogP contribution in [0, 0.1) is 0 Å². The average Bonchev–Trinajstić information content (AvgIpc) is 3.58. The predicted octanol–water partition coefficient (Wildman–Crippen LogP) is 5.24. The molecule has 5 N–H and O–H groups in total. The second-order valence-electron chi connectivity index (χ2n) is 8.40. The Morgan fingerprint density at radius 3 is 2.64 bits per heavy atom. The molecule has 4 rings (SSSR count). The van der Waals surface area contributed by atoms with E-state index < -0.39 is 13.9 Å². The Hall–Kier alpha value is -3.20. The minimum Gasteiger partial charge on any atom is -0.493 e. The summed E-state index contributed by atoms with van der Waals surface area (Å²) >= 11 is 0. The van der Waals surface area contributed by atoms with Gasteiger partial charge in [0.15, 0.2) is 0 Å². The Morgan fingerprint density at radius 2 is 1.89 bits per heavy atom. The Morgan fingerprint density at radius 1 is 1.06 bits per heavy atom. The molecule has 4 aromatic rings. The van der Waals surface area contributed by atoms with Gasteiger partial charge in [-0.2, -0.15) is 0 Å². The third-order valence-corrected chi connectivity index (χ3v) is 6.13. The molecule has 1 unspecified atom stereocenters. The van der Waals surface area contributed by atoms with Crippen molar-refractivity contribution in [1.29, 1.82) is 0 Å². The van der Waals surface area contributed by atoms with Crippen LogP contribution in [0.5, 0.6) is 5.75 Å². The van der Waals surface area contributed by atoms with Gasteiger partial charge < -0.3 is 29.7 Å². The number of furan rings is 1. The minimum absolute atomic E-state index is 0.355. The van der Waals surface area contributed by atoms with Crippen LogP contribution in [-0.2, 0) is 15.5 Å². The lowest BCUT2D eigenvalue weighted by Crippen LogP contribution is -2.17. The Labute approximate surface area is 209 Å². The van der Waals surface area contributed by atoms with Crippen molar-refractivity contribution in [3.63, 3.8) is 0 Å². The summed E-state index contributed by atoms with van der Waals surface area (Å²) < 4.78 is 27.2. The van der Waals surface area contributed by atoms with Crippen LogP contribution in [-0.4, -0.2) is 33.0 Å². The zero-order valence-corrected chi connectivity index (χ0v) is 20.6. The van der Waals surface area contributed by atoms with Crippen LogP contribution in [0.1, 0.15) is 36.7 Å². The zero-order chi connectivity index (χ0) is 25.4.